The van der Waals surface area contributed by atoms with Crippen LogP contribution in [-0.4, -0.2) is 19.5 Å². The van der Waals surface area contributed by atoms with Gasteiger partial charge in [-0.1, -0.05) is 31.5 Å². The Morgan fingerprint density at radius 1 is 1.26 bits per heavy atom. The molecule has 1 aromatic rings. The summed E-state index contributed by atoms with van der Waals surface area (Å²) in [5.74, 6) is 0. The fraction of sp³-hybridized carbons (Fsp3) is 0.562. The van der Waals surface area contributed by atoms with Crippen molar-refractivity contribution in [2.45, 2.75) is 45.1 Å². The highest BCUT2D eigenvalue weighted by atomic mass is 16.1. The predicted octanol–water partition coefficient (Wildman–Crippen LogP) is 3.26. The van der Waals surface area contributed by atoms with Gasteiger partial charge in [-0.05, 0) is 37.3 Å². The molecule has 0 spiro atoms. The van der Waals surface area contributed by atoms with E-state index in [2.05, 4.69) is 41.4 Å². The van der Waals surface area contributed by atoms with Crippen LogP contribution >= 0.6 is 0 Å². The Labute approximate surface area is 116 Å². The van der Waals surface area contributed by atoms with Crippen LogP contribution in [0.2, 0.25) is 0 Å². The largest absolute Gasteiger partial charge is 0.371 e. The second-order valence-electron chi connectivity index (χ2n) is 5.23. The van der Waals surface area contributed by atoms with Gasteiger partial charge in [0.15, 0.2) is 0 Å². The van der Waals surface area contributed by atoms with Crippen molar-refractivity contribution in [2.75, 3.05) is 18.0 Å². The highest BCUT2D eigenvalue weighted by Crippen LogP contribution is 2.30. The number of rotatable bonds is 6. The molecule has 1 atom stereocenters. The van der Waals surface area contributed by atoms with E-state index in [-0.39, 0.29) is 6.04 Å². The van der Waals surface area contributed by atoms with Crippen molar-refractivity contribution in [1.82, 2.24) is 5.32 Å². The van der Waals surface area contributed by atoms with Gasteiger partial charge in [0, 0.05) is 18.8 Å². The molecule has 104 valence electrons. The summed E-state index contributed by atoms with van der Waals surface area (Å²) in [6.07, 6.45) is 6.77. The van der Waals surface area contributed by atoms with Crippen molar-refractivity contribution in [1.29, 1.82) is 0 Å². The summed E-state index contributed by atoms with van der Waals surface area (Å²) < 4.78 is 0. The molecule has 1 aliphatic rings. The molecule has 0 aliphatic carbocycles. The Hall–Kier alpha value is -1.51. The monoisotopic (exact) mass is 260 g/mol. The lowest BCUT2D eigenvalue weighted by Gasteiger charge is -2.32. The summed E-state index contributed by atoms with van der Waals surface area (Å²) in [6.45, 7) is 4.43. The number of hydrogen-bond acceptors (Lipinski definition) is 2. The fourth-order valence-electron chi connectivity index (χ4n) is 2.90. The van der Waals surface area contributed by atoms with E-state index in [0.717, 1.165) is 32.3 Å². The standard InChI is InChI=1S/C16H24N2O/c1-2-8-15(17-13-19)14-9-4-5-10-16(14)18-11-6-3-7-12-18/h4-5,9-10,13,15H,2-3,6-8,11-12H2,1H3,(H,17,19). The van der Waals surface area contributed by atoms with Crippen LogP contribution in [0.5, 0.6) is 0 Å². The molecule has 1 aromatic carbocycles. The van der Waals surface area contributed by atoms with Gasteiger partial charge in [0.25, 0.3) is 0 Å². The number of nitrogens with one attached hydrogen (secondary N) is 1. The topological polar surface area (TPSA) is 32.3 Å². The Balaban J connectivity index is 2.24. The van der Waals surface area contributed by atoms with Gasteiger partial charge in [-0.25, -0.2) is 0 Å². The van der Waals surface area contributed by atoms with Gasteiger partial charge in [0.05, 0.1) is 6.04 Å². The average Bonchev–Trinajstić information content (AvgIpc) is 2.48. The maximum atomic E-state index is 10.8. The number of carbonyl (C=O) groups is 1. The summed E-state index contributed by atoms with van der Waals surface area (Å²) >= 11 is 0. The molecule has 1 saturated heterocycles. The van der Waals surface area contributed by atoms with E-state index in [1.165, 1.54) is 30.5 Å². The van der Waals surface area contributed by atoms with E-state index in [4.69, 9.17) is 0 Å². The lowest BCUT2D eigenvalue weighted by molar-refractivity contribution is -0.110. The molecule has 1 fully saturated rings. The molecule has 1 N–H and O–H groups in total. The van der Waals surface area contributed by atoms with Gasteiger partial charge < -0.3 is 10.2 Å². The van der Waals surface area contributed by atoms with Gasteiger partial charge in [-0.15, -0.1) is 0 Å². The highest BCUT2D eigenvalue weighted by Gasteiger charge is 2.18. The third-order valence-electron chi connectivity index (χ3n) is 3.86. The lowest BCUT2D eigenvalue weighted by atomic mass is 9.98. The maximum Gasteiger partial charge on any atom is 0.207 e. The molecule has 19 heavy (non-hydrogen) atoms. The molecular weight excluding hydrogens is 236 g/mol. The summed E-state index contributed by atoms with van der Waals surface area (Å²) in [4.78, 5) is 13.3. The molecule has 1 amide bonds. The van der Waals surface area contributed by atoms with Gasteiger partial charge >= 0.3 is 0 Å². The molecule has 0 aromatic heterocycles. The molecule has 0 saturated carbocycles. The first-order valence-electron chi connectivity index (χ1n) is 7.40. The van der Waals surface area contributed by atoms with Gasteiger partial charge in [-0.2, -0.15) is 0 Å². The fourth-order valence-corrected chi connectivity index (χ4v) is 2.90. The molecule has 1 aliphatic heterocycles. The van der Waals surface area contributed by atoms with Crippen molar-refractivity contribution >= 4 is 12.1 Å². The molecule has 3 heteroatoms. The molecule has 2 rings (SSSR count). The maximum absolute atomic E-state index is 10.8. The van der Waals surface area contributed by atoms with Crippen molar-refractivity contribution in [3.8, 4) is 0 Å². The van der Waals surface area contributed by atoms with E-state index >= 15 is 0 Å². The number of carbonyl (C=O) groups excluding carboxylic acids is 1. The van der Waals surface area contributed by atoms with Crippen molar-refractivity contribution < 1.29 is 4.79 Å². The number of nitrogens with zero attached hydrogens (tertiary/aromatic N) is 1. The Bertz CT molecular complexity index is 399. The second kappa shape index (κ2) is 7.17. The normalized spacial score (nSPS) is 17.0. The molecule has 1 heterocycles. The Kier molecular flexibility index (Phi) is 5.25. The molecule has 0 radical (unpaired) electrons. The minimum atomic E-state index is 0.139. The van der Waals surface area contributed by atoms with Crippen LogP contribution in [0.15, 0.2) is 24.3 Å². The predicted molar refractivity (Wildman–Crippen MR) is 79.4 cm³/mol. The van der Waals surface area contributed by atoms with Crippen molar-refractivity contribution in [3.63, 3.8) is 0 Å². The first kappa shape index (κ1) is 13.9. The summed E-state index contributed by atoms with van der Waals surface area (Å²) in [7, 11) is 0. The zero-order valence-electron chi connectivity index (χ0n) is 11.8. The van der Waals surface area contributed by atoms with Crippen LogP contribution < -0.4 is 10.2 Å². The zero-order chi connectivity index (χ0) is 13.5. The number of hydrogen-bond donors (Lipinski definition) is 1. The number of benzene rings is 1. The first-order valence-corrected chi connectivity index (χ1v) is 7.40. The molecule has 3 nitrogen and oxygen atoms in total. The van der Waals surface area contributed by atoms with Gasteiger partial charge in [0.1, 0.15) is 0 Å². The number of para-hydroxylation sites is 1. The minimum Gasteiger partial charge on any atom is -0.371 e. The molecular formula is C16H24N2O. The smallest absolute Gasteiger partial charge is 0.207 e. The third-order valence-corrected chi connectivity index (χ3v) is 3.86. The van der Waals surface area contributed by atoms with E-state index < -0.39 is 0 Å². The molecule has 0 bridgehead atoms. The van der Waals surface area contributed by atoms with Crippen LogP contribution in [0.4, 0.5) is 5.69 Å². The summed E-state index contributed by atoms with van der Waals surface area (Å²) in [5.41, 5.74) is 2.56. The van der Waals surface area contributed by atoms with Crippen molar-refractivity contribution in [2.24, 2.45) is 0 Å². The first-order chi connectivity index (χ1) is 9.36. The van der Waals surface area contributed by atoms with Crippen LogP contribution in [0.25, 0.3) is 0 Å². The third kappa shape index (κ3) is 3.49. The van der Waals surface area contributed by atoms with Crippen LogP contribution in [-0.2, 0) is 4.79 Å². The van der Waals surface area contributed by atoms with E-state index in [1.54, 1.807) is 0 Å². The summed E-state index contributed by atoms with van der Waals surface area (Å²) in [5, 5.41) is 2.97. The van der Waals surface area contributed by atoms with Gasteiger partial charge in [0.2, 0.25) is 6.41 Å². The zero-order valence-corrected chi connectivity index (χ0v) is 11.8. The van der Waals surface area contributed by atoms with E-state index in [1.807, 2.05) is 0 Å². The second-order valence-corrected chi connectivity index (χ2v) is 5.23. The van der Waals surface area contributed by atoms with Crippen molar-refractivity contribution in [3.05, 3.63) is 29.8 Å². The highest BCUT2D eigenvalue weighted by molar-refractivity contribution is 5.57. The van der Waals surface area contributed by atoms with Crippen LogP contribution in [0.1, 0.15) is 50.6 Å². The number of anilines is 1. The summed E-state index contributed by atoms with van der Waals surface area (Å²) in [6, 6.07) is 8.65. The Morgan fingerprint density at radius 3 is 2.68 bits per heavy atom. The SMILES string of the molecule is CCCC(NC=O)c1ccccc1N1CCCCC1. The number of piperidine rings is 1. The number of amides is 1. The Morgan fingerprint density at radius 2 is 2.00 bits per heavy atom. The average molecular weight is 260 g/mol. The van der Waals surface area contributed by atoms with Crippen LogP contribution in [0.3, 0.4) is 0 Å². The van der Waals surface area contributed by atoms with E-state index in [0.29, 0.717) is 0 Å². The lowest BCUT2D eigenvalue weighted by Crippen LogP contribution is -2.31. The van der Waals surface area contributed by atoms with Gasteiger partial charge in [-0.3, -0.25) is 4.79 Å². The molecule has 1 unspecified atom stereocenters. The van der Waals surface area contributed by atoms with E-state index in [9.17, 15) is 4.79 Å². The quantitative estimate of drug-likeness (QED) is 0.796. The van der Waals surface area contributed by atoms with Crippen LogP contribution in [0, 0.1) is 0 Å². The minimum absolute atomic E-state index is 0.139.